The Labute approximate surface area is 108 Å². The third kappa shape index (κ3) is 2.58. The monoisotopic (exact) mass is 270 g/mol. The zero-order valence-electron chi connectivity index (χ0n) is 9.50. The lowest BCUT2D eigenvalue weighted by atomic mass is 10.2. The Bertz CT molecular complexity index is 507. The second kappa shape index (κ2) is 5.02. The molecule has 1 aromatic heterocycles. The van der Waals surface area contributed by atoms with E-state index in [1.807, 2.05) is 13.8 Å². The van der Waals surface area contributed by atoms with Gasteiger partial charge in [-0.1, -0.05) is 17.7 Å². The molecule has 0 radical (unpaired) electrons. The van der Waals surface area contributed by atoms with Crippen molar-refractivity contribution in [3.05, 3.63) is 45.1 Å². The molecule has 17 heavy (non-hydrogen) atoms. The maximum Gasteiger partial charge on any atom is 0.147 e. The number of benzene rings is 1. The Morgan fingerprint density at radius 2 is 2.24 bits per heavy atom. The van der Waals surface area contributed by atoms with Crippen LogP contribution in [-0.4, -0.2) is 4.98 Å². The van der Waals surface area contributed by atoms with Gasteiger partial charge in [-0.2, -0.15) is 0 Å². The SMILES string of the molecule is Cc1ncsc1C(C)Nc1c(F)cccc1Cl. The van der Waals surface area contributed by atoms with Crippen molar-refractivity contribution in [2.45, 2.75) is 19.9 Å². The third-order valence-corrected chi connectivity index (χ3v) is 3.93. The number of aryl methyl sites for hydroxylation is 1. The molecule has 5 heteroatoms. The van der Waals surface area contributed by atoms with Crippen LogP contribution < -0.4 is 5.32 Å². The standard InChI is InChI=1S/C12H12ClFN2S/c1-7-12(17-6-15-7)8(2)16-11-9(13)4-3-5-10(11)14/h3-6,8,16H,1-2H3. The van der Waals surface area contributed by atoms with E-state index < -0.39 is 0 Å². The van der Waals surface area contributed by atoms with Crippen LogP contribution in [0.4, 0.5) is 10.1 Å². The van der Waals surface area contributed by atoms with E-state index in [1.54, 1.807) is 29.0 Å². The van der Waals surface area contributed by atoms with Gasteiger partial charge in [-0.05, 0) is 26.0 Å². The normalized spacial score (nSPS) is 12.5. The summed E-state index contributed by atoms with van der Waals surface area (Å²) in [5.41, 5.74) is 3.09. The molecular formula is C12H12ClFN2S. The lowest BCUT2D eigenvalue weighted by molar-refractivity contribution is 0.628. The number of hydrogen-bond donors (Lipinski definition) is 1. The molecule has 2 rings (SSSR count). The van der Waals surface area contributed by atoms with E-state index in [2.05, 4.69) is 10.3 Å². The summed E-state index contributed by atoms with van der Waals surface area (Å²) >= 11 is 7.51. The minimum atomic E-state index is -0.341. The van der Waals surface area contributed by atoms with Crippen molar-refractivity contribution in [3.63, 3.8) is 0 Å². The van der Waals surface area contributed by atoms with E-state index in [0.717, 1.165) is 10.6 Å². The molecule has 2 aromatic rings. The maximum atomic E-state index is 13.6. The Morgan fingerprint density at radius 3 is 2.82 bits per heavy atom. The number of nitrogens with zero attached hydrogens (tertiary/aromatic N) is 1. The molecule has 0 aliphatic carbocycles. The summed E-state index contributed by atoms with van der Waals surface area (Å²) in [5, 5.41) is 3.47. The van der Waals surface area contributed by atoms with Crippen molar-refractivity contribution >= 4 is 28.6 Å². The van der Waals surface area contributed by atoms with Crippen LogP contribution in [0.15, 0.2) is 23.7 Å². The van der Waals surface area contributed by atoms with Crippen molar-refractivity contribution in [1.82, 2.24) is 4.98 Å². The number of hydrogen-bond acceptors (Lipinski definition) is 3. The van der Waals surface area contributed by atoms with E-state index in [0.29, 0.717) is 10.7 Å². The molecule has 1 atom stereocenters. The van der Waals surface area contributed by atoms with E-state index >= 15 is 0 Å². The number of aromatic nitrogens is 1. The van der Waals surface area contributed by atoms with Crippen molar-refractivity contribution in [2.24, 2.45) is 0 Å². The molecule has 90 valence electrons. The van der Waals surface area contributed by atoms with Gasteiger partial charge in [0.1, 0.15) is 5.82 Å². The first-order valence-corrected chi connectivity index (χ1v) is 6.46. The topological polar surface area (TPSA) is 24.9 Å². The Balaban J connectivity index is 2.25. The maximum absolute atomic E-state index is 13.6. The average Bonchev–Trinajstić information content (AvgIpc) is 2.70. The summed E-state index contributed by atoms with van der Waals surface area (Å²) in [7, 11) is 0. The van der Waals surface area contributed by atoms with Gasteiger partial charge >= 0.3 is 0 Å². The van der Waals surface area contributed by atoms with Gasteiger partial charge in [0.25, 0.3) is 0 Å². The highest BCUT2D eigenvalue weighted by molar-refractivity contribution is 7.09. The van der Waals surface area contributed by atoms with Gasteiger partial charge < -0.3 is 5.32 Å². The predicted octanol–water partition coefficient (Wildman–Crippen LogP) is 4.42. The molecule has 0 aliphatic rings. The highest BCUT2D eigenvalue weighted by Crippen LogP contribution is 2.30. The molecule has 0 bridgehead atoms. The first-order valence-electron chi connectivity index (χ1n) is 5.20. The summed E-state index contributed by atoms with van der Waals surface area (Å²) in [5.74, 6) is -0.341. The predicted molar refractivity (Wildman–Crippen MR) is 70.3 cm³/mol. The number of nitrogens with one attached hydrogen (secondary N) is 1. The average molecular weight is 271 g/mol. The Hall–Kier alpha value is -1.13. The number of thiazole rings is 1. The first kappa shape index (κ1) is 12.3. The minimum absolute atomic E-state index is 0.0168. The second-order valence-corrected chi connectivity index (χ2v) is 5.06. The van der Waals surface area contributed by atoms with Crippen LogP contribution in [0.1, 0.15) is 23.5 Å². The van der Waals surface area contributed by atoms with Gasteiger partial charge in [0.2, 0.25) is 0 Å². The molecule has 1 unspecified atom stereocenters. The van der Waals surface area contributed by atoms with Gasteiger partial charge in [0.15, 0.2) is 0 Å². The van der Waals surface area contributed by atoms with Crippen LogP contribution >= 0.6 is 22.9 Å². The highest BCUT2D eigenvalue weighted by atomic mass is 35.5. The zero-order chi connectivity index (χ0) is 12.4. The quantitative estimate of drug-likeness (QED) is 0.893. The summed E-state index contributed by atoms with van der Waals surface area (Å²) in [6.07, 6.45) is 0. The fraction of sp³-hybridized carbons (Fsp3) is 0.250. The van der Waals surface area contributed by atoms with Crippen LogP contribution in [-0.2, 0) is 0 Å². The van der Waals surface area contributed by atoms with Crippen molar-refractivity contribution in [2.75, 3.05) is 5.32 Å². The van der Waals surface area contributed by atoms with E-state index in [4.69, 9.17) is 11.6 Å². The molecule has 2 nitrogen and oxygen atoms in total. The molecule has 1 N–H and O–H groups in total. The van der Waals surface area contributed by atoms with E-state index in [-0.39, 0.29) is 11.9 Å². The molecule has 1 aromatic carbocycles. The Morgan fingerprint density at radius 1 is 1.47 bits per heavy atom. The van der Waals surface area contributed by atoms with Gasteiger partial charge in [0.05, 0.1) is 28.0 Å². The van der Waals surface area contributed by atoms with Crippen LogP contribution in [0.25, 0.3) is 0 Å². The van der Waals surface area contributed by atoms with Crippen molar-refractivity contribution in [3.8, 4) is 0 Å². The minimum Gasteiger partial charge on any atom is -0.374 e. The van der Waals surface area contributed by atoms with Crippen LogP contribution in [0.2, 0.25) is 5.02 Å². The third-order valence-electron chi connectivity index (χ3n) is 2.50. The molecular weight excluding hydrogens is 259 g/mol. The van der Waals surface area contributed by atoms with E-state index in [1.165, 1.54) is 6.07 Å². The number of para-hydroxylation sites is 1. The molecule has 0 spiro atoms. The van der Waals surface area contributed by atoms with Gasteiger partial charge in [-0.3, -0.25) is 0 Å². The number of rotatable bonds is 3. The summed E-state index contributed by atoms with van der Waals surface area (Å²) < 4.78 is 13.6. The lowest BCUT2D eigenvalue weighted by Crippen LogP contribution is -2.08. The molecule has 0 aliphatic heterocycles. The summed E-state index contributed by atoms with van der Waals surface area (Å²) in [6.45, 7) is 3.90. The summed E-state index contributed by atoms with van der Waals surface area (Å²) in [4.78, 5) is 5.26. The molecule has 0 fully saturated rings. The van der Waals surface area contributed by atoms with Gasteiger partial charge in [-0.25, -0.2) is 9.37 Å². The zero-order valence-corrected chi connectivity index (χ0v) is 11.1. The van der Waals surface area contributed by atoms with Crippen molar-refractivity contribution in [1.29, 1.82) is 0 Å². The fourth-order valence-corrected chi connectivity index (χ4v) is 2.67. The molecule has 0 amide bonds. The molecule has 1 heterocycles. The first-order chi connectivity index (χ1) is 8.09. The van der Waals surface area contributed by atoms with Crippen LogP contribution in [0.3, 0.4) is 0 Å². The van der Waals surface area contributed by atoms with Crippen LogP contribution in [0, 0.1) is 12.7 Å². The molecule has 0 saturated carbocycles. The lowest BCUT2D eigenvalue weighted by Gasteiger charge is -2.16. The number of halogens is 2. The van der Waals surface area contributed by atoms with Crippen molar-refractivity contribution < 1.29 is 4.39 Å². The van der Waals surface area contributed by atoms with Gasteiger partial charge in [-0.15, -0.1) is 11.3 Å². The second-order valence-electron chi connectivity index (χ2n) is 3.76. The molecule has 0 saturated heterocycles. The largest absolute Gasteiger partial charge is 0.374 e. The smallest absolute Gasteiger partial charge is 0.147 e. The van der Waals surface area contributed by atoms with Gasteiger partial charge in [0, 0.05) is 4.88 Å². The Kier molecular flexibility index (Phi) is 3.64. The highest BCUT2D eigenvalue weighted by Gasteiger charge is 2.14. The summed E-state index contributed by atoms with van der Waals surface area (Å²) in [6, 6.07) is 4.63. The number of anilines is 1. The van der Waals surface area contributed by atoms with E-state index in [9.17, 15) is 4.39 Å². The fourth-order valence-electron chi connectivity index (χ4n) is 1.64. The van der Waals surface area contributed by atoms with Crippen LogP contribution in [0.5, 0.6) is 0 Å².